The van der Waals surface area contributed by atoms with Gasteiger partial charge in [-0.3, -0.25) is 0 Å². The van der Waals surface area contributed by atoms with Gasteiger partial charge in [0.2, 0.25) is 6.79 Å². The van der Waals surface area contributed by atoms with E-state index < -0.39 is 0 Å². The molecule has 118 valence electrons. The Kier molecular flexibility index (Phi) is 2.42. The highest BCUT2D eigenvalue weighted by Crippen LogP contribution is 2.55. The second-order valence-electron chi connectivity index (χ2n) is 7.37. The van der Waals surface area contributed by atoms with E-state index in [-0.39, 0.29) is 6.79 Å². The maximum Gasteiger partial charge on any atom is 0.231 e. The third-order valence-electron chi connectivity index (χ3n) is 5.70. The van der Waals surface area contributed by atoms with E-state index in [4.69, 9.17) is 9.47 Å². The van der Waals surface area contributed by atoms with Gasteiger partial charge < -0.3 is 19.1 Å². The fraction of sp³-hybridized carbons (Fsp3) is 0.368. The summed E-state index contributed by atoms with van der Waals surface area (Å²) in [6, 6.07) is 8.31. The van der Waals surface area contributed by atoms with Crippen LogP contribution in [0.3, 0.4) is 0 Å². The molecule has 0 saturated heterocycles. The number of aromatic hydroxyl groups is 1. The van der Waals surface area contributed by atoms with Gasteiger partial charge >= 0.3 is 0 Å². The third-order valence-corrected chi connectivity index (χ3v) is 5.70. The Morgan fingerprint density at radius 2 is 2.00 bits per heavy atom. The lowest BCUT2D eigenvalue weighted by atomic mass is 9.75. The zero-order valence-electron chi connectivity index (χ0n) is 13.4. The van der Waals surface area contributed by atoms with E-state index in [0.29, 0.717) is 11.8 Å². The van der Waals surface area contributed by atoms with Gasteiger partial charge in [-0.15, -0.1) is 0 Å². The minimum Gasteiger partial charge on any atom is -0.508 e. The summed E-state index contributed by atoms with van der Waals surface area (Å²) in [5.74, 6) is 2.00. The number of quaternary nitrogens is 1. The highest BCUT2D eigenvalue weighted by atomic mass is 16.7. The molecule has 2 aromatic carbocycles. The van der Waals surface area contributed by atoms with Gasteiger partial charge in [0.15, 0.2) is 11.5 Å². The lowest BCUT2D eigenvalue weighted by Crippen LogP contribution is -2.49. The van der Waals surface area contributed by atoms with Gasteiger partial charge in [0.25, 0.3) is 0 Å². The van der Waals surface area contributed by atoms with E-state index in [1.54, 1.807) is 6.07 Å². The first-order valence-corrected chi connectivity index (χ1v) is 8.15. The van der Waals surface area contributed by atoms with Crippen LogP contribution in [0.2, 0.25) is 0 Å². The molecule has 2 aromatic rings. The van der Waals surface area contributed by atoms with Crippen LogP contribution >= 0.6 is 0 Å². The molecule has 2 aliphatic heterocycles. The van der Waals surface area contributed by atoms with Crippen molar-refractivity contribution in [3.63, 3.8) is 0 Å². The van der Waals surface area contributed by atoms with E-state index in [9.17, 15) is 5.11 Å². The Hall–Kier alpha value is -2.20. The molecule has 0 fully saturated rings. The first-order chi connectivity index (χ1) is 11.0. The summed E-state index contributed by atoms with van der Waals surface area (Å²) in [5, 5.41) is 10.00. The maximum absolute atomic E-state index is 10.00. The van der Waals surface area contributed by atoms with E-state index in [1.165, 1.54) is 16.7 Å². The van der Waals surface area contributed by atoms with Crippen molar-refractivity contribution < 1.29 is 19.1 Å². The molecule has 4 heteroatoms. The van der Waals surface area contributed by atoms with Gasteiger partial charge in [0, 0.05) is 24.0 Å². The molecule has 5 rings (SSSR count). The minimum absolute atomic E-state index is 0.280. The average Bonchev–Trinajstić information content (AvgIpc) is 2.98. The van der Waals surface area contributed by atoms with Crippen LogP contribution in [0, 0.1) is 0 Å². The zero-order chi connectivity index (χ0) is 15.8. The van der Waals surface area contributed by atoms with Crippen LogP contribution in [0.25, 0.3) is 11.1 Å². The largest absolute Gasteiger partial charge is 0.508 e. The lowest BCUT2D eigenvalue weighted by Gasteiger charge is -2.45. The van der Waals surface area contributed by atoms with E-state index in [1.807, 2.05) is 6.07 Å². The first-order valence-electron chi connectivity index (χ1n) is 8.15. The Bertz CT molecular complexity index is 841. The normalized spacial score (nSPS) is 22.4. The second kappa shape index (κ2) is 4.20. The van der Waals surface area contributed by atoms with Crippen LogP contribution in [0.15, 0.2) is 24.3 Å². The summed E-state index contributed by atoms with van der Waals surface area (Å²) >= 11 is 0. The van der Waals surface area contributed by atoms with Crippen molar-refractivity contribution in [2.45, 2.75) is 18.9 Å². The number of hydrogen-bond acceptors (Lipinski definition) is 3. The first kappa shape index (κ1) is 13.3. The van der Waals surface area contributed by atoms with Crippen molar-refractivity contribution in [1.29, 1.82) is 0 Å². The molecule has 0 amide bonds. The Morgan fingerprint density at radius 1 is 1.13 bits per heavy atom. The number of likely N-dealkylation sites (N-methyl/N-ethyl adjacent to an activating group) is 1. The van der Waals surface area contributed by atoms with E-state index in [2.05, 4.69) is 26.2 Å². The SMILES string of the molecule is C[N+]1(C)CCc2cc3c(c4c2C1Cc1ccc(O)cc1-4)OCO3. The van der Waals surface area contributed by atoms with E-state index in [0.717, 1.165) is 46.5 Å². The molecule has 1 unspecified atom stereocenters. The van der Waals surface area contributed by atoms with Gasteiger partial charge in [-0.2, -0.15) is 0 Å². The van der Waals surface area contributed by atoms with Crippen molar-refractivity contribution in [3.05, 3.63) is 41.0 Å². The molecule has 0 aromatic heterocycles. The fourth-order valence-corrected chi connectivity index (χ4v) is 4.41. The van der Waals surface area contributed by atoms with Crippen LogP contribution in [0.4, 0.5) is 0 Å². The van der Waals surface area contributed by atoms with Gasteiger partial charge in [-0.25, -0.2) is 0 Å². The number of fused-ring (bicyclic) bond motifs is 4. The lowest BCUT2D eigenvalue weighted by molar-refractivity contribution is -0.923. The van der Waals surface area contributed by atoms with Gasteiger partial charge in [-0.1, -0.05) is 6.07 Å². The van der Waals surface area contributed by atoms with Gasteiger partial charge in [0.1, 0.15) is 11.8 Å². The number of benzene rings is 2. The molecule has 0 saturated carbocycles. The van der Waals surface area contributed by atoms with Crippen molar-refractivity contribution in [2.24, 2.45) is 0 Å². The third kappa shape index (κ3) is 1.70. The average molecular weight is 310 g/mol. The summed E-state index contributed by atoms with van der Waals surface area (Å²) in [6.07, 6.45) is 2.05. The predicted octanol–water partition coefficient (Wildman–Crippen LogP) is 3.02. The van der Waals surface area contributed by atoms with Crippen LogP contribution in [0.1, 0.15) is 22.7 Å². The highest BCUT2D eigenvalue weighted by molar-refractivity contribution is 5.84. The zero-order valence-corrected chi connectivity index (χ0v) is 13.4. The number of nitrogens with zero attached hydrogens (tertiary/aromatic N) is 1. The van der Waals surface area contributed by atoms with Crippen molar-refractivity contribution >= 4 is 0 Å². The number of ether oxygens (including phenoxy) is 2. The quantitative estimate of drug-likeness (QED) is 0.760. The van der Waals surface area contributed by atoms with Crippen LogP contribution in [0.5, 0.6) is 17.2 Å². The molecule has 0 spiro atoms. The highest BCUT2D eigenvalue weighted by Gasteiger charge is 2.43. The van der Waals surface area contributed by atoms with Crippen LogP contribution < -0.4 is 9.47 Å². The van der Waals surface area contributed by atoms with Crippen molar-refractivity contribution in [2.75, 3.05) is 27.4 Å². The van der Waals surface area contributed by atoms with Crippen LogP contribution in [-0.2, 0) is 12.8 Å². The number of phenolic OH excluding ortho intramolecular Hbond substituents is 1. The molecule has 1 N–H and O–H groups in total. The Labute approximate surface area is 135 Å². The van der Waals surface area contributed by atoms with Crippen LogP contribution in [-0.4, -0.2) is 37.0 Å². The smallest absolute Gasteiger partial charge is 0.231 e. The predicted molar refractivity (Wildman–Crippen MR) is 86.8 cm³/mol. The Morgan fingerprint density at radius 3 is 2.87 bits per heavy atom. The molecule has 3 aliphatic rings. The molecular formula is C19H20NO3+. The maximum atomic E-state index is 10.00. The standard InChI is InChI=1S/C19H19NO3/c1-20(2)6-5-12-8-16-19(23-10-22-16)18-14-9-13(21)4-3-11(14)7-15(20)17(12)18/h3-4,8-9,15H,5-7,10H2,1-2H3/p+1. The molecule has 1 atom stereocenters. The second-order valence-corrected chi connectivity index (χ2v) is 7.37. The van der Waals surface area contributed by atoms with Crippen molar-refractivity contribution in [1.82, 2.24) is 0 Å². The number of hydrogen-bond donors (Lipinski definition) is 1. The summed E-state index contributed by atoms with van der Waals surface area (Å²) in [6.45, 7) is 1.41. The summed E-state index contributed by atoms with van der Waals surface area (Å²) in [5.41, 5.74) is 6.29. The topological polar surface area (TPSA) is 38.7 Å². The molecule has 2 heterocycles. The molecule has 23 heavy (non-hydrogen) atoms. The van der Waals surface area contributed by atoms with E-state index >= 15 is 0 Å². The summed E-state index contributed by atoms with van der Waals surface area (Å²) in [7, 11) is 4.63. The van der Waals surface area contributed by atoms with Crippen molar-refractivity contribution in [3.8, 4) is 28.4 Å². The number of phenols is 1. The molecule has 1 aliphatic carbocycles. The monoisotopic (exact) mass is 310 g/mol. The summed E-state index contributed by atoms with van der Waals surface area (Å²) < 4.78 is 12.5. The summed E-state index contributed by atoms with van der Waals surface area (Å²) in [4.78, 5) is 0. The van der Waals surface area contributed by atoms with Gasteiger partial charge in [-0.05, 0) is 34.9 Å². The molecular weight excluding hydrogens is 290 g/mol. The number of rotatable bonds is 0. The Balaban J connectivity index is 1.89. The minimum atomic E-state index is 0.280. The fourth-order valence-electron chi connectivity index (χ4n) is 4.41. The molecule has 4 nitrogen and oxygen atoms in total. The van der Waals surface area contributed by atoms with Gasteiger partial charge in [0.05, 0.1) is 20.6 Å². The molecule has 0 radical (unpaired) electrons. The molecule has 0 bridgehead atoms.